The Bertz CT molecular complexity index is 286. The lowest BCUT2D eigenvalue weighted by molar-refractivity contribution is -0.123. The van der Waals surface area contributed by atoms with Crippen molar-refractivity contribution < 1.29 is 4.79 Å². The van der Waals surface area contributed by atoms with Crippen LogP contribution in [0.5, 0.6) is 0 Å². The molecule has 1 aliphatic heterocycles. The van der Waals surface area contributed by atoms with Crippen molar-refractivity contribution in [3.63, 3.8) is 0 Å². The third-order valence-corrected chi connectivity index (χ3v) is 4.97. The van der Waals surface area contributed by atoms with Gasteiger partial charge in [0.2, 0.25) is 5.91 Å². The Morgan fingerprint density at radius 3 is 2.53 bits per heavy atom. The zero-order valence-corrected chi connectivity index (χ0v) is 13.2. The highest BCUT2D eigenvalue weighted by Crippen LogP contribution is 2.39. The van der Waals surface area contributed by atoms with Crippen molar-refractivity contribution in [3.05, 3.63) is 0 Å². The number of carbonyl (C=O) groups excluding carboxylic acids is 1. The number of carbonyl (C=O) groups is 1. The molecule has 112 valence electrons. The summed E-state index contributed by atoms with van der Waals surface area (Å²) in [6.07, 6.45) is 7.05. The summed E-state index contributed by atoms with van der Waals surface area (Å²) < 4.78 is 0. The molecule has 1 amide bonds. The van der Waals surface area contributed by atoms with E-state index in [2.05, 4.69) is 24.5 Å². The first-order valence-corrected chi connectivity index (χ1v) is 7.56. The van der Waals surface area contributed by atoms with Crippen LogP contribution in [-0.4, -0.2) is 25.5 Å². The lowest BCUT2D eigenvalue weighted by atomic mass is 9.70. The average Bonchev–Trinajstić information content (AvgIpc) is 2.35. The second-order valence-corrected chi connectivity index (χ2v) is 6.71. The van der Waals surface area contributed by atoms with E-state index in [1.807, 2.05) is 0 Å². The molecule has 1 aliphatic carbocycles. The molecule has 0 aromatic rings. The zero-order valence-electron chi connectivity index (χ0n) is 12.3. The van der Waals surface area contributed by atoms with E-state index in [4.69, 9.17) is 0 Å². The van der Waals surface area contributed by atoms with Gasteiger partial charge in [-0.05, 0) is 56.0 Å². The fourth-order valence-corrected chi connectivity index (χ4v) is 3.21. The zero-order chi connectivity index (χ0) is 13.0. The van der Waals surface area contributed by atoms with Crippen LogP contribution >= 0.6 is 12.4 Å². The second-order valence-electron chi connectivity index (χ2n) is 6.71. The maximum absolute atomic E-state index is 12.0. The van der Waals surface area contributed by atoms with Gasteiger partial charge in [-0.25, -0.2) is 0 Å². The smallest absolute Gasteiger partial charge is 0.220 e. The minimum atomic E-state index is 0. The van der Waals surface area contributed by atoms with Crippen LogP contribution in [0.1, 0.15) is 52.4 Å². The second kappa shape index (κ2) is 7.49. The molecule has 1 saturated carbocycles. The van der Waals surface area contributed by atoms with Crippen LogP contribution in [0.4, 0.5) is 0 Å². The molecule has 2 aliphatic rings. The molecule has 2 fully saturated rings. The molecule has 1 saturated heterocycles. The van der Waals surface area contributed by atoms with E-state index in [0.29, 0.717) is 17.8 Å². The minimum absolute atomic E-state index is 0. The first-order chi connectivity index (χ1) is 8.59. The van der Waals surface area contributed by atoms with Gasteiger partial charge in [-0.3, -0.25) is 4.79 Å². The molecule has 1 heterocycles. The highest BCUT2D eigenvalue weighted by Gasteiger charge is 2.32. The van der Waals surface area contributed by atoms with Crippen molar-refractivity contribution in [2.75, 3.05) is 19.6 Å². The van der Waals surface area contributed by atoms with Gasteiger partial charge in [0, 0.05) is 13.0 Å². The Morgan fingerprint density at radius 2 is 2.00 bits per heavy atom. The molecule has 0 aromatic carbocycles. The molecule has 0 spiro atoms. The molecular formula is C15H29ClN2O. The number of piperidine rings is 1. The monoisotopic (exact) mass is 288 g/mol. The Kier molecular flexibility index (Phi) is 6.61. The summed E-state index contributed by atoms with van der Waals surface area (Å²) in [4.78, 5) is 12.0. The fourth-order valence-electron chi connectivity index (χ4n) is 3.21. The summed E-state index contributed by atoms with van der Waals surface area (Å²) in [6, 6.07) is 0. The molecule has 1 atom stereocenters. The molecule has 1 unspecified atom stereocenters. The van der Waals surface area contributed by atoms with Crippen LogP contribution in [0, 0.1) is 17.3 Å². The standard InChI is InChI=1S/C15H28N2O.ClH/c1-12(13-4-8-16-9-5-13)10-14(18)17-11-15(2)6-3-7-15;/h12-13,16H,3-11H2,1-2H3,(H,17,18);1H. The normalized spacial score (nSPS) is 23.9. The van der Waals surface area contributed by atoms with Crippen molar-refractivity contribution >= 4 is 18.3 Å². The van der Waals surface area contributed by atoms with Crippen molar-refractivity contribution in [2.45, 2.75) is 52.4 Å². The lowest BCUT2D eigenvalue weighted by Crippen LogP contribution is -2.41. The summed E-state index contributed by atoms with van der Waals surface area (Å²) in [5.74, 6) is 1.52. The fraction of sp³-hybridized carbons (Fsp3) is 0.933. The first-order valence-electron chi connectivity index (χ1n) is 7.56. The molecule has 0 aromatic heterocycles. The molecule has 2 N–H and O–H groups in total. The maximum atomic E-state index is 12.0. The maximum Gasteiger partial charge on any atom is 0.220 e. The Labute approximate surface area is 123 Å². The summed E-state index contributed by atoms with van der Waals surface area (Å²) >= 11 is 0. The number of rotatable bonds is 5. The van der Waals surface area contributed by atoms with Gasteiger partial charge in [-0.2, -0.15) is 0 Å². The highest BCUT2D eigenvalue weighted by atomic mass is 35.5. The van der Waals surface area contributed by atoms with Gasteiger partial charge in [-0.15, -0.1) is 12.4 Å². The Balaban J connectivity index is 0.00000180. The van der Waals surface area contributed by atoms with Gasteiger partial charge in [-0.1, -0.05) is 20.3 Å². The first kappa shape index (κ1) is 16.8. The van der Waals surface area contributed by atoms with E-state index in [9.17, 15) is 4.79 Å². The Hall–Kier alpha value is -0.280. The van der Waals surface area contributed by atoms with Crippen molar-refractivity contribution in [3.8, 4) is 0 Å². The van der Waals surface area contributed by atoms with Gasteiger partial charge in [0.25, 0.3) is 0 Å². The topological polar surface area (TPSA) is 41.1 Å². The lowest BCUT2D eigenvalue weighted by Gasteiger charge is -2.38. The molecule has 4 heteroatoms. The van der Waals surface area contributed by atoms with Crippen LogP contribution in [0.25, 0.3) is 0 Å². The van der Waals surface area contributed by atoms with Crippen LogP contribution in [0.2, 0.25) is 0 Å². The van der Waals surface area contributed by atoms with Crippen LogP contribution in [-0.2, 0) is 4.79 Å². The summed E-state index contributed by atoms with van der Waals surface area (Å²) in [7, 11) is 0. The molecule has 19 heavy (non-hydrogen) atoms. The number of amides is 1. The predicted molar refractivity (Wildman–Crippen MR) is 81.6 cm³/mol. The highest BCUT2D eigenvalue weighted by molar-refractivity contribution is 5.85. The quantitative estimate of drug-likeness (QED) is 0.817. The average molecular weight is 289 g/mol. The van der Waals surface area contributed by atoms with Gasteiger partial charge in [0.15, 0.2) is 0 Å². The summed E-state index contributed by atoms with van der Waals surface area (Å²) in [5.41, 5.74) is 0.396. The molecule has 3 nitrogen and oxygen atoms in total. The van der Waals surface area contributed by atoms with E-state index < -0.39 is 0 Å². The van der Waals surface area contributed by atoms with Gasteiger partial charge in [0.1, 0.15) is 0 Å². The van der Waals surface area contributed by atoms with E-state index in [1.165, 1.54) is 32.1 Å². The van der Waals surface area contributed by atoms with Gasteiger partial charge in [0.05, 0.1) is 0 Å². The van der Waals surface area contributed by atoms with Crippen molar-refractivity contribution in [1.82, 2.24) is 10.6 Å². The number of nitrogens with one attached hydrogen (secondary N) is 2. The van der Waals surface area contributed by atoms with E-state index in [1.54, 1.807) is 0 Å². The largest absolute Gasteiger partial charge is 0.356 e. The summed E-state index contributed by atoms with van der Waals surface area (Å²) in [6.45, 7) is 7.64. The number of hydrogen-bond acceptors (Lipinski definition) is 2. The Morgan fingerprint density at radius 1 is 1.37 bits per heavy atom. The summed E-state index contributed by atoms with van der Waals surface area (Å²) in [5, 5.41) is 6.52. The van der Waals surface area contributed by atoms with Gasteiger partial charge < -0.3 is 10.6 Å². The van der Waals surface area contributed by atoms with Crippen LogP contribution in [0.15, 0.2) is 0 Å². The van der Waals surface area contributed by atoms with E-state index in [-0.39, 0.29) is 18.3 Å². The van der Waals surface area contributed by atoms with Crippen LogP contribution < -0.4 is 10.6 Å². The van der Waals surface area contributed by atoms with Gasteiger partial charge >= 0.3 is 0 Å². The molecule has 0 bridgehead atoms. The van der Waals surface area contributed by atoms with E-state index in [0.717, 1.165) is 25.6 Å². The molecular weight excluding hydrogens is 260 g/mol. The third kappa shape index (κ3) is 4.96. The molecule has 0 radical (unpaired) electrons. The van der Waals surface area contributed by atoms with Crippen molar-refractivity contribution in [2.24, 2.45) is 17.3 Å². The SMILES string of the molecule is CC(CC(=O)NCC1(C)CCC1)C1CCNCC1.Cl. The van der Waals surface area contributed by atoms with Crippen molar-refractivity contribution in [1.29, 1.82) is 0 Å². The third-order valence-electron chi connectivity index (χ3n) is 4.97. The number of halogens is 1. The van der Waals surface area contributed by atoms with Crippen LogP contribution in [0.3, 0.4) is 0 Å². The number of hydrogen-bond donors (Lipinski definition) is 2. The van der Waals surface area contributed by atoms with E-state index >= 15 is 0 Å². The predicted octanol–water partition coefficient (Wildman–Crippen LogP) is 2.74. The molecule has 2 rings (SSSR count). The minimum Gasteiger partial charge on any atom is -0.356 e.